The van der Waals surface area contributed by atoms with Crippen LogP contribution in [0.4, 0.5) is 0 Å². The van der Waals surface area contributed by atoms with Crippen LogP contribution >= 0.6 is 0 Å². The first kappa shape index (κ1) is 13.1. The lowest BCUT2D eigenvalue weighted by atomic mass is 10.0. The van der Waals surface area contributed by atoms with Crippen LogP contribution in [0.25, 0.3) is 0 Å². The molecule has 1 aliphatic carbocycles. The van der Waals surface area contributed by atoms with E-state index in [0.717, 1.165) is 31.6 Å². The number of likely N-dealkylation sites (N-methyl/N-ethyl adjacent to an activating group) is 1. The van der Waals surface area contributed by atoms with Gasteiger partial charge in [0.05, 0.1) is 0 Å². The van der Waals surface area contributed by atoms with Crippen molar-refractivity contribution in [3.63, 3.8) is 0 Å². The van der Waals surface area contributed by atoms with Crippen molar-refractivity contribution in [3.8, 4) is 0 Å². The number of rotatable bonds is 5. The van der Waals surface area contributed by atoms with Gasteiger partial charge in [-0.3, -0.25) is 4.90 Å². The van der Waals surface area contributed by atoms with Gasteiger partial charge in [-0.15, -0.1) is 0 Å². The first-order valence-corrected chi connectivity index (χ1v) is 7.90. The number of nitrogens with zero attached hydrogens (tertiary/aromatic N) is 1. The highest BCUT2D eigenvalue weighted by Gasteiger charge is 2.23. The predicted molar refractivity (Wildman–Crippen MR) is 80.4 cm³/mol. The zero-order chi connectivity index (χ0) is 13.1. The number of hydrogen-bond acceptors (Lipinski definition) is 2. The minimum absolute atomic E-state index is 0.724. The van der Waals surface area contributed by atoms with Crippen LogP contribution in [0.3, 0.4) is 0 Å². The highest BCUT2D eigenvalue weighted by molar-refractivity contribution is 5.28. The Kier molecular flexibility index (Phi) is 4.19. The van der Waals surface area contributed by atoms with Gasteiger partial charge in [-0.05, 0) is 55.8 Å². The minimum atomic E-state index is 0.724. The molecule has 0 bridgehead atoms. The Labute approximate surface area is 117 Å². The second kappa shape index (κ2) is 6.06. The molecule has 1 aromatic carbocycles. The Morgan fingerprint density at radius 1 is 1.16 bits per heavy atom. The molecule has 0 spiro atoms. The van der Waals surface area contributed by atoms with E-state index in [1.165, 1.54) is 37.8 Å². The topological polar surface area (TPSA) is 15.3 Å². The van der Waals surface area contributed by atoms with Crippen LogP contribution in [0, 0.1) is 0 Å². The van der Waals surface area contributed by atoms with Crippen LogP contribution in [0.5, 0.6) is 0 Å². The molecule has 1 saturated heterocycles. The number of piperidine rings is 1. The van der Waals surface area contributed by atoms with E-state index in [4.69, 9.17) is 0 Å². The van der Waals surface area contributed by atoms with Crippen molar-refractivity contribution in [1.29, 1.82) is 0 Å². The van der Waals surface area contributed by atoms with Crippen LogP contribution in [0.1, 0.15) is 49.7 Å². The Bertz CT molecular complexity index is 388. The molecule has 2 fully saturated rings. The lowest BCUT2D eigenvalue weighted by molar-refractivity contribution is 0.166. The quantitative estimate of drug-likeness (QED) is 0.873. The Balaban J connectivity index is 1.60. The molecule has 1 N–H and O–H groups in total. The maximum Gasteiger partial charge on any atom is 0.0237 e. The number of hydrogen-bond donors (Lipinski definition) is 1. The summed E-state index contributed by atoms with van der Waals surface area (Å²) in [4.78, 5) is 2.62. The third kappa shape index (κ3) is 3.37. The molecular weight excluding hydrogens is 232 g/mol. The third-order valence-corrected chi connectivity index (χ3v) is 4.61. The molecule has 2 nitrogen and oxygen atoms in total. The third-order valence-electron chi connectivity index (χ3n) is 4.61. The molecule has 1 heterocycles. The average Bonchev–Trinajstić information content (AvgIpc) is 3.31. The highest BCUT2D eigenvalue weighted by atomic mass is 15.2. The molecule has 3 rings (SSSR count). The van der Waals surface area contributed by atoms with Gasteiger partial charge < -0.3 is 5.32 Å². The molecular formula is C17H26N2. The molecule has 0 aromatic heterocycles. The number of benzene rings is 1. The number of nitrogens with one attached hydrogen (secondary N) is 1. The molecule has 104 valence electrons. The van der Waals surface area contributed by atoms with Gasteiger partial charge in [-0.25, -0.2) is 0 Å². The second-order valence-corrected chi connectivity index (χ2v) is 6.08. The van der Waals surface area contributed by atoms with E-state index >= 15 is 0 Å². The van der Waals surface area contributed by atoms with Crippen molar-refractivity contribution >= 4 is 0 Å². The standard InChI is InChI=1S/C17H26N2/c1-2-19(17-4-3-11-18-12-17)13-14-5-7-15(8-6-14)16-9-10-16/h5-8,16-18H,2-4,9-13H2,1H3. The van der Waals surface area contributed by atoms with Crippen LogP contribution in [-0.2, 0) is 6.54 Å². The fraction of sp³-hybridized carbons (Fsp3) is 0.647. The smallest absolute Gasteiger partial charge is 0.0237 e. The summed E-state index contributed by atoms with van der Waals surface area (Å²) in [6, 6.07) is 10.1. The maximum absolute atomic E-state index is 3.53. The van der Waals surface area contributed by atoms with Gasteiger partial charge in [-0.1, -0.05) is 31.2 Å². The first-order valence-electron chi connectivity index (χ1n) is 7.90. The molecule has 0 radical (unpaired) electrons. The van der Waals surface area contributed by atoms with Gasteiger partial charge >= 0.3 is 0 Å². The van der Waals surface area contributed by atoms with Crippen molar-refractivity contribution in [1.82, 2.24) is 10.2 Å². The molecule has 0 amide bonds. The first-order chi connectivity index (χ1) is 9.36. The van der Waals surface area contributed by atoms with Gasteiger partial charge in [0.2, 0.25) is 0 Å². The fourth-order valence-electron chi connectivity index (χ4n) is 3.19. The van der Waals surface area contributed by atoms with E-state index in [2.05, 4.69) is 41.4 Å². The molecule has 1 aliphatic heterocycles. The zero-order valence-corrected chi connectivity index (χ0v) is 12.1. The van der Waals surface area contributed by atoms with Crippen LogP contribution < -0.4 is 5.32 Å². The molecule has 2 heteroatoms. The summed E-state index contributed by atoms with van der Waals surface area (Å²) in [6.45, 7) is 6.90. The molecule has 2 aliphatic rings. The van der Waals surface area contributed by atoms with Crippen molar-refractivity contribution in [3.05, 3.63) is 35.4 Å². The summed E-state index contributed by atoms with van der Waals surface area (Å²) in [7, 11) is 0. The van der Waals surface area contributed by atoms with E-state index in [1.807, 2.05) is 0 Å². The maximum atomic E-state index is 3.53. The summed E-state index contributed by atoms with van der Waals surface area (Å²) in [5.41, 5.74) is 3.02. The van der Waals surface area contributed by atoms with Gasteiger partial charge in [0.1, 0.15) is 0 Å². The normalized spacial score (nSPS) is 23.8. The fourth-order valence-corrected chi connectivity index (χ4v) is 3.19. The Hall–Kier alpha value is -0.860. The highest BCUT2D eigenvalue weighted by Crippen LogP contribution is 2.39. The second-order valence-electron chi connectivity index (χ2n) is 6.08. The van der Waals surface area contributed by atoms with Crippen molar-refractivity contribution in [2.45, 2.75) is 51.1 Å². The summed E-state index contributed by atoms with van der Waals surface area (Å²) < 4.78 is 0. The van der Waals surface area contributed by atoms with Gasteiger partial charge in [0.15, 0.2) is 0 Å². The zero-order valence-electron chi connectivity index (χ0n) is 12.1. The molecule has 1 aromatic rings. The van der Waals surface area contributed by atoms with Gasteiger partial charge in [0.25, 0.3) is 0 Å². The van der Waals surface area contributed by atoms with Crippen LogP contribution in [0.2, 0.25) is 0 Å². The lowest BCUT2D eigenvalue weighted by Gasteiger charge is -2.34. The average molecular weight is 258 g/mol. The predicted octanol–water partition coefficient (Wildman–Crippen LogP) is 3.14. The molecule has 1 unspecified atom stereocenters. The molecule has 19 heavy (non-hydrogen) atoms. The van der Waals surface area contributed by atoms with E-state index < -0.39 is 0 Å². The van der Waals surface area contributed by atoms with Crippen molar-refractivity contribution < 1.29 is 0 Å². The van der Waals surface area contributed by atoms with E-state index in [0.29, 0.717) is 0 Å². The summed E-state index contributed by atoms with van der Waals surface area (Å²) >= 11 is 0. The molecule has 1 saturated carbocycles. The molecule has 1 atom stereocenters. The summed E-state index contributed by atoms with van der Waals surface area (Å²) in [5.74, 6) is 0.874. The minimum Gasteiger partial charge on any atom is -0.315 e. The monoisotopic (exact) mass is 258 g/mol. The van der Waals surface area contributed by atoms with Crippen LogP contribution in [0.15, 0.2) is 24.3 Å². The van der Waals surface area contributed by atoms with E-state index in [-0.39, 0.29) is 0 Å². The largest absolute Gasteiger partial charge is 0.315 e. The van der Waals surface area contributed by atoms with Gasteiger partial charge in [-0.2, -0.15) is 0 Å². The Morgan fingerprint density at radius 2 is 1.95 bits per heavy atom. The van der Waals surface area contributed by atoms with Crippen molar-refractivity contribution in [2.24, 2.45) is 0 Å². The van der Waals surface area contributed by atoms with E-state index in [1.54, 1.807) is 5.56 Å². The summed E-state index contributed by atoms with van der Waals surface area (Å²) in [6.07, 6.45) is 5.46. The van der Waals surface area contributed by atoms with E-state index in [9.17, 15) is 0 Å². The SMILES string of the molecule is CCN(Cc1ccc(C2CC2)cc1)C1CCCNC1. The Morgan fingerprint density at radius 3 is 2.53 bits per heavy atom. The van der Waals surface area contributed by atoms with Crippen molar-refractivity contribution in [2.75, 3.05) is 19.6 Å². The van der Waals surface area contributed by atoms with Gasteiger partial charge in [0, 0.05) is 19.1 Å². The summed E-state index contributed by atoms with van der Waals surface area (Å²) in [5, 5.41) is 3.53. The lowest BCUT2D eigenvalue weighted by Crippen LogP contribution is -2.45. The van der Waals surface area contributed by atoms with Crippen LogP contribution in [-0.4, -0.2) is 30.6 Å².